The van der Waals surface area contributed by atoms with Crippen molar-refractivity contribution in [1.29, 1.82) is 0 Å². The first kappa shape index (κ1) is 16.1. The third-order valence-electron chi connectivity index (χ3n) is 3.48. The molecule has 0 saturated carbocycles. The van der Waals surface area contributed by atoms with Gasteiger partial charge in [-0.2, -0.15) is 4.98 Å². The lowest BCUT2D eigenvalue weighted by molar-refractivity contribution is 0.388. The first-order chi connectivity index (χ1) is 11.3. The lowest BCUT2D eigenvalue weighted by Gasteiger charge is -2.09. The number of nitrogens with one attached hydrogen (secondary N) is 1. The van der Waals surface area contributed by atoms with Gasteiger partial charge >= 0.3 is 7.60 Å². The van der Waals surface area contributed by atoms with Crippen LogP contribution in [0.3, 0.4) is 0 Å². The van der Waals surface area contributed by atoms with Gasteiger partial charge in [0.25, 0.3) is 5.56 Å². The fourth-order valence-electron chi connectivity index (χ4n) is 2.25. The Morgan fingerprint density at radius 3 is 2.62 bits per heavy atom. The van der Waals surface area contributed by atoms with Gasteiger partial charge < -0.3 is 20.1 Å². The fourth-order valence-corrected chi connectivity index (χ4v) is 2.74. The van der Waals surface area contributed by atoms with E-state index in [0.29, 0.717) is 17.8 Å². The standard InChI is InChI=1S/C14H14N5O4P/c1-8(24(21,22)23)10-4-2-9(3-5-10)6-19-7-16-11-12(19)17-14(15)18-13(11)20/h2-5,7H,1,6H2,(H2,21,22,23)(H3,15,17,18,20). The molecule has 0 aliphatic rings. The van der Waals surface area contributed by atoms with E-state index in [1.165, 1.54) is 6.33 Å². The molecule has 0 aliphatic heterocycles. The molecule has 0 atom stereocenters. The average molecular weight is 347 g/mol. The van der Waals surface area contributed by atoms with E-state index in [-0.39, 0.29) is 16.8 Å². The summed E-state index contributed by atoms with van der Waals surface area (Å²) in [6, 6.07) is 6.56. The van der Waals surface area contributed by atoms with Gasteiger partial charge in [0, 0.05) is 0 Å². The van der Waals surface area contributed by atoms with Crippen LogP contribution in [0.1, 0.15) is 11.1 Å². The van der Waals surface area contributed by atoms with E-state index < -0.39 is 13.2 Å². The summed E-state index contributed by atoms with van der Waals surface area (Å²) in [5, 5.41) is -0.233. The number of nitrogens with two attached hydrogens (primary N) is 1. The number of rotatable bonds is 4. The fraction of sp³-hybridized carbons (Fsp3) is 0.0714. The van der Waals surface area contributed by atoms with Crippen LogP contribution in [0.4, 0.5) is 5.95 Å². The van der Waals surface area contributed by atoms with Gasteiger partial charge in [-0.15, -0.1) is 0 Å². The van der Waals surface area contributed by atoms with Crippen molar-refractivity contribution in [3.05, 3.63) is 58.7 Å². The minimum Gasteiger partial charge on any atom is -0.369 e. The van der Waals surface area contributed by atoms with Gasteiger partial charge in [-0.3, -0.25) is 14.3 Å². The number of imidazole rings is 1. The molecule has 10 heteroatoms. The van der Waals surface area contributed by atoms with Crippen LogP contribution in [0.5, 0.6) is 0 Å². The van der Waals surface area contributed by atoms with Gasteiger partial charge in [0.15, 0.2) is 11.2 Å². The van der Waals surface area contributed by atoms with E-state index in [1.807, 2.05) is 0 Å². The summed E-state index contributed by atoms with van der Waals surface area (Å²) in [6.45, 7) is 3.79. The summed E-state index contributed by atoms with van der Waals surface area (Å²) >= 11 is 0. The summed E-state index contributed by atoms with van der Waals surface area (Å²) in [5.74, 6) is 0.00235. The highest BCUT2D eigenvalue weighted by atomic mass is 31.2. The topological polar surface area (TPSA) is 147 Å². The zero-order valence-corrected chi connectivity index (χ0v) is 13.3. The van der Waals surface area contributed by atoms with Gasteiger partial charge in [0.2, 0.25) is 5.95 Å². The summed E-state index contributed by atoms with van der Waals surface area (Å²) < 4.78 is 12.9. The molecule has 2 heterocycles. The Balaban J connectivity index is 1.91. The van der Waals surface area contributed by atoms with Crippen LogP contribution in [-0.2, 0) is 11.1 Å². The highest BCUT2D eigenvalue weighted by Crippen LogP contribution is 2.49. The predicted molar refractivity (Wildman–Crippen MR) is 89.2 cm³/mol. The monoisotopic (exact) mass is 347 g/mol. The number of hydrogen-bond acceptors (Lipinski definition) is 5. The number of anilines is 1. The highest BCUT2D eigenvalue weighted by Gasteiger charge is 2.20. The summed E-state index contributed by atoms with van der Waals surface area (Å²) in [5.41, 5.74) is 6.88. The van der Waals surface area contributed by atoms with Gasteiger partial charge in [-0.05, 0) is 11.1 Å². The molecule has 0 aliphatic carbocycles. The molecule has 0 spiro atoms. The lowest BCUT2D eigenvalue weighted by Crippen LogP contribution is -2.12. The second kappa shape index (κ2) is 5.72. The van der Waals surface area contributed by atoms with Gasteiger partial charge in [-0.25, -0.2) is 4.98 Å². The number of H-pyrrole nitrogens is 1. The normalized spacial score (nSPS) is 11.8. The lowest BCUT2D eigenvalue weighted by atomic mass is 10.1. The van der Waals surface area contributed by atoms with Gasteiger partial charge in [-0.1, -0.05) is 30.8 Å². The minimum atomic E-state index is -4.37. The summed E-state index contributed by atoms with van der Waals surface area (Å²) in [6.07, 6.45) is 1.48. The summed E-state index contributed by atoms with van der Waals surface area (Å²) in [4.78, 5) is 40.5. The molecule has 0 amide bonds. The molecule has 1 aromatic carbocycles. The maximum absolute atomic E-state index is 11.7. The number of nitrogens with zero attached hydrogens (tertiary/aromatic N) is 3. The van der Waals surface area contributed by atoms with Gasteiger partial charge in [0.05, 0.1) is 18.2 Å². The Hall–Kier alpha value is -2.74. The Bertz CT molecular complexity index is 1030. The molecule has 9 nitrogen and oxygen atoms in total. The van der Waals surface area contributed by atoms with E-state index in [0.717, 1.165) is 5.56 Å². The number of aromatic nitrogens is 4. The van der Waals surface area contributed by atoms with Crippen LogP contribution in [0.25, 0.3) is 16.5 Å². The van der Waals surface area contributed by atoms with E-state index in [2.05, 4.69) is 21.5 Å². The smallest absolute Gasteiger partial charge is 0.356 e. The second-order valence-corrected chi connectivity index (χ2v) is 6.81. The van der Waals surface area contributed by atoms with Crippen LogP contribution in [0.2, 0.25) is 0 Å². The van der Waals surface area contributed by atoms with Gasteiger partial charge in [0.1, 0.15) is 0 Å². The number of hydrogen-bond donors (Lipinski definition) is 4. The molecule has 124 valence electrons. The minimum absolute atomic E-state index is 0.00235. The van der Waals surface area contributed by atoms with Crippen LogP contribution in [0, 0.1) is 0 Å². The highest BCUT2D eigenvalue weighted by molar-refractivity contribution is 7.63. The molecule has 2 aromatic heterocycles. The van der Waals surface area contributed by atoms with Crippen molar-refractivity contribution in [3.8, 4) is 0 Å². The Kier molecular flexibility index (Phi) is 3.84. The first-order valence-corrected chi connectivity index (χ1v) is 8.42. The first-order valence-electron chi connectivity index (χ1n) is 6.80. The second-order valence-electron chi connectivity index (χ2n) is 5.18. The largest absolute Gasteiger partial charge is 0.369 e. The zero-order chi connectivity index (χ0) is 17.5. The molecule has 0 bridgehead atoms. The van der Waals surface area contributed by atoms with Crippen molar-refractivity contribution in [2.75, 3.05) is 5.73 Å². The molecule has 3 rings (SSSR count). The van der Waals surface area contributed by atoms with Crippen molar-refractivity contribution >= 4 is 30.0 Å². The Morgan fingerprint density at radius 2 is 2.00 bits per heavy atom. The summed E-state index contributed by atoms with van der Waals surface area (Å²) in [7, 11) is -4.37. The van der Waals surface area contributed by atoms with Crippen molar-refractivity contribution in [2.45, 2.75) is 6.54 Å². The number of nitrogen functional groups attached to an aromatic ring is 1. The maximum atomic E-state index is 11.7. The van der Waals surface area contributed by atoms with E-state index in [9.17, 15) is 9.36 Å². The molecule has 3 aromatic rings. The third kappa shape index (κ3) is 3.00. The van der Waals surface area contributed by atoms with Crippen molar-refractivity contribution in [2.24, 2.45) is 0 Å². The van der Waals surface area contributed by atoms with E-state index in [1.54, 1.807) is 28.8 Å². The zero-order valence-electron chi connectivity index (χ0n) is 12.4. The Morgan fingerprint density at radius 1 is 1.33 bits per heavy atom. The molecule has 24 heavy (non-hydrogen) atoms. The molecular weight excluding hydrogens is 333 g/mol. The maximum Gasteiger partial charge on any atom is 0.356 e. The van der Waals surface area contributed by atoms with Crippen LogP contribution < -0.4 is 11.3 Å². The van der Waals surface area contributed by atoms with Crippen LogP contribution in [0.15, 0.2) is 42.0 Å². The Labute approximate surface area is 135 Å². The molecule has 5 N–H and O–H groups in total. The quantitative estimate of drug-likeness (QED) is 0.513. The van der Waals surface area contributed by atoms with Crippen LogP contribution in [-0.4, -0.2) is 29.3 Å². The number of fused-ring (bicyclic) bond motifs is 1. The van der Waals surface area contributed by atoms with Crippen LogP contribution >= 0.6 is 7.60 Å². The molecular formula is C14H14N5O4P. The predicted octanol–water partition coefficient (Wildman–Crippen LogP) is 0.898. The average Bonchev–Trinajstić information content (AvgIpc) is 2.89. The van der Waals surface area contributed by atoms with E-state index in [4.69, 9.17) is 15.5 Å². The van der Waals surface area contributed by atoms with Crippen molar-refractivity contribution in [1.82, 2.24) is 19.5 Å². The van der Waals surface area contributed by atoms with E-state index >= 15 is 0 Å². The van der Waals surface area contributed by atoms with Crippen molar-refractivity contribution in [3.63, 3.8) is 0 Å². The molecule has 0 radical (unpaired) electrons. The molecule has 0 saturated heterocycles. The third-order valence-corrected chi connectivity index (χ3v) is 4.45. The SMILES string of the molecule is C=C(c1ccc(Cn2cnc3c(=O)[nH]c(N)nc32)cc1)P(=O)(O)O. The number of aromatic amines is 1. The molecule has 0 unspecified atom stereocenters. The number of benzene rings is 1. The molecule has 0 fully saturated rings. The van der Waals surface area contributed by atoms with Crippen molar-refractivity contribution < 1.29 is 14.4 Å².